The number of para-hydroxylation sites is 2. The van der Waals surface area contributed by atoms with Gasteiger partial charge in [-0.2, -0.15) is 0 Å². The molecule has 4 rings (SSSR count). The molecule has 2 N–H and O–H groups in total. The monoisotopic (exact) mass is 382 g/mol. The maximum atomic E-state index is 12.7. The van der Waals surface area contributed by atoms with Gasteiger partial charge in [-0.25, -0.2) is 4.98 Å². The van der Waals surface area contributed by atoms with Crippen LogP contribution in [-0.2, 0) is 0 Å². The van der Waals surface area contributed by atoms with E-state index in [0.29, 0.717) is 24.8 Å². The van der Waals surface area contributed by atoms with Gasteiger partial charge in [-0.15, -0.1) is 0 Å². The lowest BCUT2D eigenvalue weighted by Gasteiger charge is -2.29. The molecule has 1 aromatic heterocycles. The molecule has 7 heteroatoms. The zero-order valence-corrected chi connectivity index (χ0v) is 16.1. The molecule has 0 radical (unpaired) electrons. The van der Waals surface area contributed by atoms with E-state index in [4.69, 9.17) is 9.47 Å². The van der Waals surface area contributed by atoms with E-state index in [0.717, 1.165) is 43.2 Å². The Hall–Kier alpha value is -2.80. The van der Waals surface area contributed by atoms with E-state index in [1.54, 1.807) is 18.1 Å². The van der Waals surface area contributed by atoms with Gasteiger partial charge in [0.1, 0.15) is 12.4 Å². The van der Waals surface area contributed by atoms with Crippen molar-refractivity contribution in [3.05, 3.63) is 48.2 Å². The number of fused-ring (bicyclic) bond motifs is 1. The van der Waals surface area contributed by atoms with Crippen LogP contribution in [0.3, 0.4) is 0 Å². The first-order chi connectivity index (χ1) is 13.7. The van der Waals surface area contributed by atoms with Crippen molar-refractivity contribution in [2.45, 2.75) is 25.0 Å². The van der Waals surface area contributed by atoms with Crippen molar-refractivity contribution in [2.75, 3.05) is 38.6 Å². The number of hydrogen-bond donors (Lipinski definition) is 2. The Morgan fingerprint density at radius 3 is 2.75 bits per heavy atom. The summed E-state index contributed by atoms with van der Waals surface area (Å²) < 4.78 is 11.7. The van der Waals surface area contributed by atoms with Gasteiger partial charge in [0.05, 0.1) is 12.1 Å². The van der Waals surface area contributed by atoms with Crippen molar-refractivity contribution in [3.63, 3.8) is 0 Å². The van der Waals surface area contributed by atoms with Crippen LogP contribution in [0, 0.1) is 0 Å². The molecule has 2 aliphatic heterocycles. The number of ether oxygens (including phenoxy) is 2. The Kier molecular flexibility index (Phi) is 5.62. The molecule has 1 saturated heterocycles. The molecule has 1 unspecified atom stereocenters. The summed E-state index contributed by atoms with van der Waals surface area (Å²) in [6, 6.07) is 11.7. The first kappa shape index (κ1) is 18.6. The van der Waals surface area contributed by atoms with Crippen molar-refractivity contribution in [2.24, 2.45) is 0 Å². The fourth-order valence-electron chi connectivity index (χ4n) is 3.54. The number of amides is 1. The molecule has 7 nitrogen and oxygen atoms in total. The lowest BCUT2D eigenvalue weighted by atomic mass is 10.1. The van der Waals surface area contributed by atoms with Crippen LogP contribution in [-0.4, -0.2) is 61.2 Å². The van der Waals surface area contributed by atoms with Crippen molar-refractivity contribution < 1.29 is 14.3 Å². The van der Waals surface area contributed by atoms with Gasteiger partial charge in [-0.3, -0.25) is 4.79 Å². The maximum absolute atomic E-state index is 12.7. The van der Waals surface area contributed by atoms with Gasteiger partial charge in [-0.05, 0) is 50.2 Å². The molecule has 0 saturated carbocycles. The van der Waals surface area contributed by atoms with Gasteiger partial charge in [0.25, 0.3) is 5.91 Å². The lowest BCUT2D eigenvalue weighted by molar-refractivity contribution is 0.0520. The van der Waals surface area contributed by atoms with Gasteiger partial charge in [0.15, 0.2) is 17.6 Å². The smallest absolute Gasteiger partial charge is 0.255 e. The van der Waals surface area contributed by atoms with Crippen LogP contribution in [0.4, 0.5) is 5.82 Å². The SMILES string of the molecule is CN(CC1COc2ccccc2O1)C(=O)c1ccc(NC2CCNCC2)nc1. The number of aromatic nitrogens is 1. The molecular formula is C21H26N4O3. The highest BCUT2D eigenvalue weighted by Crippen LogP contribution is 2.31. The highest BCUT2D eigenvalue weighted by molar-refractivity contribution is 5.93. The van der Waals surface area contributed by atoms with E-state index in [1.165, 1.54) is 0 Å². The average Bonchev–Trinajstić information content (AvgIpc) is 2.74. The van der Waals surface area contributed by atoms with E-state index in [9.17, 15) is 4.79 Å². The molecule has 1 amide bonds. The number of carbonyl (C=O) groups is 1. The minimum Gasteiger partial charge on any atom is -0.486 e. The van der Waals surface area contributed by atoms with Crippen molar-refractivity contribution >= 4 is 11.7 Å². The van der Waals surface area contributed by atoms with Gasteiger partial charge < -0.3 is 25.0 Å². The van der Waals surface area contributed by atoms with Gasteiger partial charge in [-0.1, -0.05) is 12.1 Å². The Labute approximate surface area is 165 Å². The van der Waals surface area contributed by atoms with Crippen LogP contribution in [0.15, 0.2) is 42.6 Å². The third-order valence-corrected chi connectivity index (χ3v) is 5.09. The summed E-state index contributed by atoms with van der Waals surface area (Å²) in [5.41, 5.74) is 0.565. The Bertz CT molecular complexity index is 806. The first-order valence-electron chi connectivity index (χ1n) is 9.76. The minimum atomic E-state index is -0.197. The number of hydrogen-bond acceptors (Lipinski definition) is 6. The number of nitrogens with zero attached hydrogens (tertiary/aromatic N) is 2. The number of rotatable bonds is 5. The zero-order chi connectivity index (χ0) is 19.3. The second-order valence-corrected chi connectivity index (χ2v) is 7.28. The molecule has 0 bridgehead atoms. The summed E-state index contributed by atoms with van der Waals surface area (Å²) in [7, 11) is 1.77. The van der Waals surface area contributed by atoms with Gasteiger partial charge >= 0.3 is 0 Å². The third kappa shape index (κ3) is 4.36. The molecular weight excluding hydrogens is 356 g/mol. The molecule has 28 heavy (non-hydrogen) atoms. The Balaban J connectivity index is 1.32. The number of pyridine rings is 1. The van der Waals surface area contributed by atoms with E-state index in [-0.39, 0.29) is 12.0 Å². The highest BCUT2D eigenvalue weighted by atomic mass is 16.6. The minimum absolute atomic E-state index is 0.0802. The third-order valence-electron chi connectivity index (χ3n) is 5.09. The normalized spacial score (nSPS) is 19.1. The largest absolute Gasteiger partial charge is 0.486 e. The topological polar surface area (TPSA) is 75.7 Å². The molecule has 2 aromatic rings. The molecule has 1 atom stereocenters. The van der Waals surface area contributed by atoms with Crippen LogP contribution >= 0.6 is 0 Å². The van der Waals surface area contributed by atoms with Crippen molar-refractivity contribution in [3.8, 4) is 11.5 Å². The van der Waals surface area contributed by atoms with Crippen LogP contribution in [0.1, 0.15) is 23.2 Å². The number of anilines is 1. The fraction of sp³-hybridized carbons (Fsp3) is 0.429. The van der Waals surface area contributed by atoms with Gasteiger partial charge in [0.2, 0.25) is 0 Å². The quantitative estimate of drug-likeness (QED) is 0.825. The number of carbonyl (C=O) groups excluding carboxylic acids is 1. The van der Waals surface area contributed by atoms with Crippen LogP contribution < -0.4 is 20.1 Å². The van der Waals surface area contributed by atoms with E-state index < -0.39 is 0 Å². The standard InChI is InChI=1S/C21H26N4O3/c1-25(13-17-14-27-18-4-2-3-5-19(18)28-17)21(26)15-6-7-20(23-12-15)24-16-8-10-22-11-9-16/h2-7,12,16-17,22H,8-11,13-14H2,1H3,(H,23,24). The molecule has 1 fully saturated rings. The second-order valence-electron chi connectivity index (χ2n) is 7.28. The lowest BCUT2D eigenvalue weighted by Crippen LogP contribution is -2.41. The molecule has 148 valence electrons. The molecule has 3 heterocycles. The van der Waals surface area contributed by atoms with Crippen LogP contribution in [0.25, 0.3) is 0 Å². The maximum Gasteiger partial charge on any atom is 0.255 e. The predicted molar refractivity (Wildman–Crippen MR) is 107 cm³/mol. The van der Waals surface area contributed by atoms with E-state index in [2.05, 4.69) is 15.6 Å². The Morgan fingerprint density at radius 1 is 1.21 bits per heavy atom. The molecule has 0 spiro atoms. The van der Waals surface area contributed by atoms with Crippen LogP contribution in [0.2, 0.25) is 0 Å². The van der Waals surface area contributed by atoms with Crippen LogP contribution in [0.5, 0.6) is 11.5 Å². The first-order valence-corrected chi connectivity index (χ1v) is 9.76. The summed E-state index contributed by atoms with van der Waals surface area (Å²) >= 11 is 0. The van der Waals surface area contributed by atoms with Crippen molar-refractivity contribution in [1.29, 1.82) is 0 Å². The summed E-state index contributed by atoms with van der Waals surface area (Å²) in [5.74, 6) is 2.19. The number of piperidine rings is 1. The Morgan fingerprint density at radius 2 is 2.00 bits per heavy atom. The summed E-state index contributed by atoms with van der Waals surface area (Å²) in [5, 5.41) is 6.79. The summed E-state index contributed by atoms with van der Waals surface area (Å²) in [6.45, 7) is 2.92. The van der Waals surface area contributed by atoms with E-state index in [1.807, 2.05) is 36.4 Å². The predicted octanol–water partition coefficient (Wildman–Crippen LogP) is 2.16. The summed E-state index contributed by atoms with van der Waals surface area (Å²) in [6.07, 6.45) is 3.60. The number of benzene rings is 1. The zero-order valence-electron chi connectivity index (χ0n) is 16.1. The molecule has 0 aliphatic carbocycles. The summed E-state index contributed by atoms with van der Waals surface area (Å²) in [4.78, 5) is 18.8. The van der Waals surface area contributed by atoms with E-state index >= 15 is 0 Å². The molecule has 2 aliphatic rings. The fourth-order valence-corrected chi connectivity index (χ4v) is 3.54. The van der Waals surface area contributed by atoms with Crippen molar-refractivity contribution in [1.82, 2.24) is 15.2 Å². The second kappa shape index (κ2) is 8.48. The van der Waals surface area contributed by atoms with Gasteiger partial charge in [0, 0.05) is 19.3 Å². The highest BCUT2D eigenvalue weighted by Gasteiger charge is 2.24. The molecule has 1 aromatic carbocycles. The number of nitrogens with one attached hydrogen (secondary N) is 2. The number of likely N-dealkylation sites (N-methyl/N-ethyl adjacent to an activating group) is 1. The average molecular weight is 382 g/mol.